The highest BCUT2D eigenvalue weighted by Gasteiger charge is 2.18. The minimum atomic E-state index is -0.368. The first-order chi connectivity index (χ1) is 22.1. The summed E-state index contributed by atoms with van der Waals surface area (Å²) in [6.07, 6.45) is 4.77. The highest BCUT2D eigenvalue weighted by Crippen LogP contribution is 2.23. The number of H-pyrrole nitrogens is 1. The number of unbranched alkanes of at least 4 members (excludes halogenated alkanes) is 1. The van der Waals surface area contributed by atoms with Crippen LogP contribution in [0.5, 0.6) is 0 Å². The first kappa shape index (κ1) is 29.5. The van der Waals surface area contributed by atoms with E-state index in [9.17, 15) is 13.6 Å². The number of fused-ring (bicyclic) bond motifs is 1. The zero-order valence-electron chi connectivity index (χ0n) is 24.3. The second-order valence-corrected chi connectivity index (χ2v) is 10.4. The molecule has 0 bridgehead atoms. The molecule has 0 aliphatic carbocycles. The van der Waals surface area contributed by atoms with Crippen molar-refractivity contribution < 1.29 is 13.6 Å². The van der Waals surface area contributed by atoms with Crippen LogP contribution in [0.25, 0.3) is 28.3 Å². The van der Waals surface area contributed by atoms with Crippen LogP contribution < -0.4 is 5.32 Å². The number of nitrogens with zero attached hydrogens (tertiary/aromatic N) is 8. The van der Waals surface area contributed by atoms with Gasteiger partial charge in [0, 0.05) is 54.6 Å². The van der Waals surface area contributed by atoms with Crippen molar-refractivity contribution in [2.24, 2.45) is 0 Å². The van der Waals surface area contributed by atoms with Crippen molar-refractivity contribution in [3.8, 4) is 22.6 Å². The van der Waals surface area contributed by atoms with Gasteiger partial charge in [-0.2, -0.15) is 5.21 Å². The summed E-state index contributed by atoms with van der Waals surface area (Å²) in [5, 5.41) is 21.9. The lowest BCUT2D eigenvalue weighted by Gasteiger charge is -2.23. The van der Waals surface area contributed by atoms with Crippen LogP contribution in [0.15, 0.2) is 85.2 Å². The molecule has 0 spiro atoms. The normalized spacial score (nSPS) is 11.2. The van der Waals surface area contributed by atoms with Gasteiger partial charge in [0.25, 0.3) is 5.91 Å². The third-order valence-electron chi connectivity index (χ3n) is 7.29. The van der Waals surface area contributed by atoms with Crippen LogP contribution in [-0.2, 0) is 13.0 Å². The number of pyridine rings is 1. The van der Waals surface area contributed by atoms with E-state index in [-0.39, 0.29) is 18.4 Å². The second kappa shape index (κ2) is 13.8. The number of tetrazole rings is 1. The van der Waals surface area contributed by atoms with Gasteiger partial charge >= 0.3 is 0 Å². The molecule has 2 aromatic carbocycles. The molecule has 0 unspecified atom stereocenters. The fraction of sp³-hybridized carbons (Fsp3) is 0.219. The molecule has 0 atom stereocenters. The third-order valence-corrected chi connectivity index (χ3v) is 7.29. The average molecular weight is 609 g/mol. The number of amides is 1. The maximum absolute atomic E-state index is 13.8. The lowest BCUT2D eigenvalue weighted by molar-refractivity contribution is 0.0744. The Bertz CT molecular complexity index is 1860. The topological polar surface area (TPSA) is 130 Å². The number of benzene rings is 2. The monoisotopic (exact) mass is 608 g/mol. The number of alkyl halides is 1. The van der Waals surface area contributed by atoms with E-state index in [1.165, 1.54) is 18.3 Å². The summed E-state index contributed by atoms with van der Waals surface area (Å²) in [6, 6.07) is 21.3. The van der Waals surface area contributed by atoms with Gasteiger partial charge in [-0.1, -0.05) is 36.4 Å². The van der Waals surface area contributed by atoms with Gasteiger partial charge in [0.2, 0.25) is 5.82 Å². The SMILES string of the molecule is O=C(c1ccc(-c2cnc3ccc(NCCCCF)nn23)cc1)N(CCc1cc(F)ccn1)Cc1ccc(-c2nn[nH]n2)cc1. The number of aromatic nitrogens is 8. The van der Waals surface area contributed by atoms with Gasteiger partial charge in [0.15, 0.2) is 5.65 Å². The van der Waals surface area contributed by atoms with Crippen molar-refractivity contribution in [2.45, 2.75) is 25.8 Å². The fourth-order valence-electron chi connectivity index (χ4n) is 4.92. The Morgan fingerprint density at radius 1 is 0.956 bits per heavy atom. The van der Waals surface area contributed by atoms with Gasteiger partial charge in [-0.3, -0.25) is 14.2 Å². The summed E-state index contributed by atoms with van der Waals surface area (Å²) in [5.41, 5.74) is 5.07. The molecule has 13 heteroatoms. The number of carbonyl (C=O) groups is 1. The van der Waals surface area contributed by atoms with Crippen LogP contribution in [0.1, 0.15) is 34.5 Å². The van der Waals surface area contributed by atoms with Crippen molar-refractivity contribution in [3.63, 3.8) is 0 Å². The van der Waals surface area contributed by atoms with Crippen molar-refractivity contribution in [2.75, 3.05) is 25.1 Å². The maximum atomic E-state index is 13.8. The van der Waals surface area contributed by atoms with Crippen molar-refractivity contribution in [3.05, 3.63) is 108 Å². The Balaban J connectivity index is 1.21. The first-order valence-corrected chi connectivity index (χ1v) is 14.5. The minimum absolute atomic E-state index is 0.170. The maximum Gasteiger partial charge on any atom is 0.254 e. The standard InChI is InChI=1S/C32H30F2N10O/c33-15-1-2-16-36-29-11-12-30-37-20-28(44(30)40-29)23-7-9-25(10-8-23)32(45)43(18-14-27-19-26(34)13-17-35-27)21-22-3-5-24(6-4-22)31-38-41-42-39-31/h3-13,17,19-20H,1-2,14-16,18,21H2,(H,36,40)(H,38,39,41,42). The van der Waals surface area contributed by atoms with E-state index in [1.54, 1.807) is 27.7 Å². The Morgan fingerprint density at radius 3 is 2.53 bits per heavy atom. The fourth-order valence-corrected chi connectivity index (χ4v) is 4.92. The van der Waals surface area contributed by atoms with Crippen LogP contribution in [-0.4, -0.2) is 70.8 Å². The Hall–Kier alpha value is -5.59. The van der Waals surface area contributed by atoms with Gasteiger partial charge < -0.3 is 10.2 Å². The van der Waals surface area contributed by atoms with Gasteiger partial charge in [0.1, 0.15) is 11.6 Å². The zero-order valence-corrected chi connectivity index (χ0v) is 24.3. The van der Waals surface area contributed by atoms with Crippen LogP contribution in [0.4, 0.5) is 14.6 Å². The summed E-state index contributed by atoms with van der Waals surface area (Å²) < 4.78 is 28.0. The van der Waals surface area contributed by atoms with Crippen LogP contribution in [0, 0.1) is 5.82 Å². The molecule has 0 radical (unpaired) electrons. The number of carbonyl (C=O) groups excluding carboxylic acids is 1. The van der Waals surface area contributed by atoms with E-state index in [1.807, 2.05) is 48.5 Å². The molecule has 6 rings (SSSR count). The molecular formula is C32H30F2N10O. The summed E-state index contributed by atoms with van der Waals surface area (Å²) >= 11 is 0. The van der Waals surface area contributed by atoms with E-state index in [0.29, 0.717) is 67.4 Å². The number of rotatable bonds is 13. The molecule has 0 fully saturated rings. The Labute approximate surface area is 257 Å². The number of imidazole rings is 1. The van der Waals surface area contributed by atoms with Gasteiger partial charge in [-0.05, 0) is 60.0 Å². The number of hydrogen-bond donors (Lipinski definition) is 2. The molecule has 45 heavy (non-hydrogen) atoms. The van der Waals surface area contributed by atoms with Crippen LogP contribution >= 0.6 is 0 Å². The Kier molecular flexibility index (Phi) is 9.04. The molecule has 0 aliphatic heterocycles. The first-order valence-electron chi connectivity index (χ1n) is 14.5. The summed E-state index contributed by atoms with van der Waals surface area (Å²) in [4.78, 5) is 24.3. The Morgan fingerprint density at radius 2 is 1.78 bits per heavy atom. The van der Waals surface area contributed by atoms with Crippen molar-refractivity contribution >= 4 is 17.4 Å². The van der Waals surface area contributed by atoms with Gasteiger partial charge in [-0.25, -0.2) is 13.9 Å². The quantitative estimate of drug-likeness (QED) is 0.172. The van der Waals surface area contributed by atoms with E-state index in [4.69, 9.17) is 0 Å². The van der Waals surface area contributed by atoms with E-state index < -0.39 is 0 Å². The molecule has 6 aromatic rings. The molecule has 2 N–H and O–H groups in total. The molecule has 4 aromatic heterocycles. The largest absolute Gasteiger partial charge is 0.369 e. The van der Waals surface area contributed by atoms with Crippen LogP contribution in [0.2, 0.25) is 0 Å². The predicted octanol–water partition coefficient (Wildman–Crippen LogP) is 5.16. The van der Waals surface area contributed by atoms with E-state index in [0.717, 1.165) is 22.4 Å². The van der Waals surface area contributed by atoms with Gasteiger partial charge in [0.05, 0.1) is 18.6 Å². The highest BCUT2D eigenvalue weighted by molar-refractivity contribution is 5.94. The molecule has 0 aliphatic rings. The summed E-state index contributed by atoms with van der Waals surface area (Å²) in [5.74, 6) is 0.610. The highest BCUT2D eigenvalue weighted by atomic mass is 19.1. The molecule has 4 heterocycles. The van der Waals surface area contributed by atoms with E-state index >= 15 is 0 Å². The summed E-state index contributed by atoms with van der Waals surface area (Å²) in [6.45, 7) is 0.955. The minimum Gasteiger partial charge on any atom is -0.369 e. The number of nitrogens with one attached hydrogen (secondary N) is 2. The second-order valence-electron chi connectivity index (χ2n) is 10.4. The lowest BCUT2D eigenvalue weighted by atomic mass is 10.1. The number of anilines is 1. The van der Waals surface area contributed by atoms with Crippen molar-refractivity contribution in [1.29, 1.82) is 0 Å². The zero-order chi connectivity index (χ0) is 31.0. The predicted molar refractivity (Wildman–Crippen MR) is 164 cm³/mol. The molecule has 0 saturated heterocycles. The molecular weight excluding hydrogens is 578 g/mol. The van der Waals surface area contributed by atoms with Crippen molar-refractivity contribution in [1.82, 2.24) is 45.1 Å². The summed E-state index contributed by atoms with van der Waals surface area (Å²) in [7, 11) is 0. The number of hydrogen-bond acceptors (Lipinski definition) is 8. The molecule has 1 amide bonds. The number of halogens is 2. The lowest BCUT2D eigenvalue weighted by Crippen LogP contribution is -2.32. The van der Waals surface area contributed by atoms with E-state index in [2.05, 4.69) is 41.0 Å². The van der Waals surface area contributed by atoms with Gasteiger partial charge in [-0.15, -0.1) is 15.3 Å². The molecule has 228 valence electrons. The molecule has 0 saturated carbocycles. The van der Waals surface area contributed by atoms with Crippen LogP contribution in [0.3, 0.4) is 0 Å². The molecule has 11 nitrogen and oxygen atoms in total. The number of aromatic amines is 1. The third kappa shape index (κ3) is 7.15. The average Bonchev–Trinajstić information content (AvgIpc) is 3.76. The smallest absolute Gasteiger partial charge is 0.254 e.